The highest BCUT2D eigenvalue weighted by Crippen LogP contribution is 2.40. The molecule has 2 aromatic rings. The van der Waals surface area contributed by atoms with E-state index in [2.05, 4.69) is 15.1 Å². The summed E-state index contributed by atoms with van der Waals surface area (Å²) < 4.78 is 50.2. The summed E-state index contributed by atoms with van der Waals surface area (Å²) in [7, 11) is 3.17. The number of anilines is 2. The normalized spacial score (nSPS) is 20.2. The summed E-state index contributed by atoms with van der Waals surface area (Å²) >= 11 is 0. The molecule has 2 aliphatic rings. The Kier molecular flexibility index (Phi) is 6.69. The Bertz CT molecular complexity index is 981. The first-order chi connectivity index (χ1) is 15.8. The number of nitrogens with zero attached hydrogens (tertiary/aromatic N) is 2. The van der Waals surface area contributed by atoms with Crippen LogP contribution in [0.5, 0.6) is 5.75 Å². The van der Waals surface area contributed by atoms with Gasteiger partial charge in [-0.25, -0.2) is 0 Å². The number of methoxy groups -OCH3 is 2. The first-order valence-corrected chi connectivity index (χ1v) is 10.9. The molecular formula is C24H28F3N3O3. The first-order valence-electron chi connectivity index (χ1n) is 10.9. The summed E-state index contributed by atoms with van der Waals surface area (Å²) in [5.74, 6) is 0.125. The average molecular weight is 464 g/mol. The van der Waals surface area contributed by atoms with Crippen LogP contribution in [-0.4, -0.2) is 59.0 Å². The van der Waals surface area contributed by atoms with Gasteiger partial charge in [0.1, 0.15) is 5.75 Å². The van der Waals surface area contributed by atoms with E-state index in [0.29, 0.717) is 38.3 Å². The number of amides is 1. The van der Waals surface area contributed by atoms with Crippen LogP contribution in [-0.2, 0) is 22.1 Å². The van der Waals surface area contributed by atoms with E-state index in [4.69, 9.17) is 9.47 Å². The maximum Gasteiger partial charge on any atom is 0.416 e. The quantitative estimate of drug-likeness (QED) is 0.666. The monoisotopic (exact) mass is 463 g/mol. The minimum Gasteiger partial charge on any atom is -0.497 e. The zero-order valence-electron chi connectivity index (χ0n) is 18.7. The predicted molar refractivity (Wildman–Crippen MR) is 120 cm³/mol. The SMILES string of the molecule is COCCNC(=O)C1Cc2cc(C(F)(F)F)ccc2N2CCN(c3ccc(OC)cc3)CC12. The van der Waals surface area contributed by atoms with Crippen LogP contribution in [0.3, 0.4) is 0 Å². The molecule has 1 amide bonds. The molecule has 0 bridgehead atoms. The third-order valence-corrected chi connectivity index (χ3v) is 6.42. The smallest absolute Gasteiger partial charge is 0.416 e. The Hall–Kier alpha value is -2.94. The third-order valence-electron chi connectivity index (χ3n) is 6.42. The molecule has 0 aliphatic carbocycles. The number of carbonyl (C=O) groups is 1. The van der Waals surface area contributed by atoms with Crippen LogP contribution in [0.25, 0.3) is 0 Å². The average Bonchev–Trinajstić information content (AvgIpc) is 2.82. The lowest BCUT2D eigenvalue weighted by Gasteiger charge is -2.49. The highest BCUT2D eigenvalue weighted by molar-refractivity contribution is 5.82. The van der Waals surface area contributed by atoms with Crippen molar-refractivity contribution in [2.24, 2.45) is 5.92 Å². The van der Waals surface area contributed by atoms with Crippen molar-refractivity contribution < 1.29 is 27.4 Å². The molecule has 0 radical (unpaired) electrons. The van der Waals surface area contributed by atoms with Gasteiger partial charge in [0.05, 0.1) is 31.2 Å². The minimum absolute atomic E-state index is 0.160. The van der Waals surface area contributed by atoms with Crippen molar-refractivity contribution in [1.29, 1.82) is 0 Å². The van der Waals surface area contributed by atoms with Crippen molar-refractivity contribution >= 4 is 17.3 Å². The molecule has 1 saturated heterocycles. The molecule has 0 saturated carbocycles. The number of hydrogen-bond acceptors (Lipinski definition) is 5. The second-order valence-electron chi connectivity index (χ2n) is 8.34. The molecule has 33 heavy (non-hydrogen) atoms. The summed E-state index contributed by atoms with van der Waals surface area (Å²) in [6.45, 7) is 2.63. The predicted octanol–water partition coefficient (Wildman–Crippen LogP) is 3.34. The Labute approximate surface area is 191 Å². The van der Waals surface area contributed by atoms with Crippen molar-refractivity contribution in [3.63, 3.8) is 0 Å². The van der Waals surface area contributed by atoms with Gasteiger partial charge in [0.2, 0.25) is 5.91 Å². The summed E-state index contributed by atoms with van der Waals surface area (Å²) in [5.41, 5.74) is 1.68. The molecule has 2 unspecified atom stereocenters. The maximum absolute atomic E-state index is 13.3. The van der Waals surface area contributed by atoms with Gasteiger partial charge in [-0.2, -0.15) is 13.2 Å². The molecule has 1 fully saturated rings. The van der Waals surface area contributed by atoms with E-state index < -0.39 is 17.7 Å². The lowest BCUT2D eigenvalue weighted by Crippen LogP contribution is -2.61. The van der Waals surface area contributed by atoms with Crippen molar-refractivity contribution in [2.45, 2.75) is 18.6 Å². The van der Waals surface area contributed by atoms with E-state index in [-0.39, 0.29) is 18.4 Å². The topological polar surface area (TPSA) is 54.0 Å². The summed E-state index contributed by atoms with van der Waals surface area (Å²) in [6, 6.07) is 11.5. The molecule has 178 valence electrons. The van der Waals surface area contributed by atoms with Gasteiger partial charge in [-0.15, -0.1) is 0 Å². The number of benzene rings is 2. The van der Waals surface area contributed by atoms with Gasteiger partial charge >= 0.3 is 6.18 Å². The van der Waals surface area contributed by atoms with E-state index in [1.54, 1.807) is 20.3 Å². The largest absolute Gasteiger partial charge is 0.497 e. The molecule has 2 heterocycles. The van der Waals surface area contributed by atoms with Gasteiger partial charge < -0.3 is 24.6 Å². The number of fused-ring (bicyclic) bond motifs is 3. The number of hydrogen-bond donors (Lipinski definition) is 1. The zero-order chi connectivity index (χ0) is 23.6. The van der Waals surface area contributed by atoms with Gasteiger partial charge in [0.25, 0.3) is 0 Å². The summed E-state index contributed by atoms with van der Waals surface area (Å²) in [6.07, 6.45) is -4.16. The van der Waals surface area contributed by atoms with Crippen LogP contribution < -0.4 is 19.9 Å². The second-order valence-corrected chi connectivity index (χ2v) is 8.34. The fraction of sp³-hybridized carbons (Fsp3) is 0.458. The number of alkyl halides is 3. The number of rotatable bonds is 6. The number of halogens is 3. The van der Waals surface area contributed by atoms with E-state index in [1.807, 2.05) is 24.3 Å². The molecule has 9 heteroatoms. The van der Waals surface area contributed by atoms with Crippen LogP contribution in [0.1, 0.15) is 11.1 Å². The molecule has 2 aliphatic heterocycles. The van der Waals surface area contributed by atoms with Gasteiger partial charge in [-0.05, 0) is 54.4 Å². The minimum atomic E-state index is -4.42. The van der Waals surface area contributed by atoms with Crippen LogP contribution in [0.2, 0.25) is 0 Å². The molecular weight excluding hydrogens is 435 g/mol. The number of ether oxygens (including phenoxy) is 2. The molecule has 0 aromatic heterocycles. The van der Waals surface area contributed by atoms with Gasteiger partial charge in [0, 0.05) is 44.7 Å². The van der Waals surface area contributed by atoms with Crippen molar-refractivity contribution in [2.75, 3.05) is 56.8 Å². The fourth-order valence-corrected chi connectivity index (χ4v) is 4.73. The van der Waals surface area contributed by atoms with Gasteiger partial charge in [-0.1, -0.05) is 0 Å². The Balaban J connectivity index is 1.63. The van der Waals surface area contributed by atoms with E-state index in [9.17, 15) is 18.0 Å². The lowest BCUT2D eigenvalue weighted by molar-refractivity contribution is -0.137. The highest BCUT2D eigenvalue weighted by Gasteiger charge is 2.42. The van der Waals surface area contributed by atoms with E-state index >= 15 is 0 Å². The lowest BCUT2D eigenvalue weighted by atomic mass is 9.82. The van der Waals surface area contributed by atoms with Crippen molar-refractivity contribution in [3.8, 4) is 5.75 Å². The molecule has 2 atom stereocenters. The van der Waals surface area contributed by atoms with E-state index in [0.717, 1.165) is 23.2 Å². The molecule has 2 aromatic carbocycles. The van der Waals surface area contributed by atoms with E-state index in [1.165, 1.54) is 6.07 Å². The number of nitrogens with one attached hydrogen (secondary N) is 1. The van der Waals surface area contributed by atoms with Crippen molar-refractivity contribution in [1.82, 2.24) is 5.32 Å². The van der Waals surface area contributed by atoms with Crippen molar-refractivity contribution in [3.05, 3.63) is 53.6 Å². The number of carbonyl (C=O) groups excluding carboxylic acids is 1. The second kappa shape index (κ2) is 9.51. The van der Waals surface area contributed by atoms with Crippen LogP contribution in [0.4, 0.5) is 24.5 Å². The Morgan fingerprint density at radius 1 is 1.12 bits per heavy atom. The molecule has 0 spiro atoms. The molecule has 4 rings (SSSR count). The summed E-state index contributed by atoms with van der Waals surface area (Å²) in [5, 5.41) is 2.88. The highest BCUT2D eigenvalue weighted by atomic mass is 19.4. The Morgan fingerprint density at radius 3 is 2.55 bits per heavy atom. The third kappa shape index (κ3) is 4.88. The first kappa shape index (κ1) is 23.2. The van der Waals surface area contributed by atoms with Crippen LogP contribution >= 0.6 is 0 Å². The van der Waals surface area contributed by atoms with Crippen LogP contribution in [0, 0.1) is 5.92 Å². The Morgan fingerprint density at radius 2 is 1.88 bits per heavy atom. The fourth-order valence-electron chi connectivity index (χ4n) is 4.73. The van der Waals surface area contributed by atoms with Gasteiger partial charge in [-0.3, -0.25) is 4.79 Å². The van der Waals surface area contributed by atoms with Gasteiger partial charge in [0.15, 0.2) is 0 Å². The van der Waals surface area contributed by atoms with Crippen LogP contribution in [0.15, 0.2) is 42.5 Å². The maximum atomic E-state index is 13.3. The summed E-state index contributed by atoms with van der Waals surface area (Å²) in [4.78, 5) is 17.4. The number of piperazine rings is 1. The standard InChI is InChI=1S/C24H28F3N3O3/c1-32-12-9-28-23(31)20-14-16-13-17(24(25,26)27)3-8-21(16)30-11-10-29(15-22(20)30)18-4-6-19(33-2)7-5-18/h3-8,13,20,22H,9-12,14-15H2,1-2H3,(H,28,31). The molecule has 1 N–H and O–H groups in total. The zero-order valence-corrected chi connectivity index (χ0v) is 18.7. The molecule has 6 nitrogen and oxygen atoms in total.